The molecule has 24 heavy (non-hydrogen) atoms. The zero-order chi connectivity index (χ0) is 15.5. The monoisotopic (exact) mass is 373 g/mol. The van der Waals surface area contributed by atoms with Gasteiger partial charge in [0.1, 0.15) is 0 Å². The highest BCUT2D eigenvalue weighted by Crippen LogP contribution is 2.32. The van der Waals surface area contributed by atoms with Crippen LogP contribution in [0.3, 0.4) is 0 Å². The van der Waals surface area contributed by atoms with Gasteiger partial charge in [0.05, 0.1) is 6.04 Å². The standard InChI is InChI=1S/C18H27N3O.2ClH/c1-21-15-8-5-9-16(21)12-14(11-15)20-18(22)17(19)10-13-6-3-2-4-7-13;;/h2-4,6-7,14-17H,5,8-12,19H2,1H3,(H,20,22);2*1H. The fraction of sp³-hybridized carbons (Fsp3) is 0.611. The summed E-state index contributed by atoms with van der Waals surface area (Å²) in [6.07, 6.45) is 6.58. The van der Waals surface area contributed by atoms with Crippen LogP contribution in [0.5, 0.6) is 0 Å². The summed E-state index contributed by atoms with van der Waals surface area (Å²) in [6.45, 7) is 0. The van der Waals surface area contributed by atoms with Crippen LogP contribution < -0.4 is 11.1 Å². The van der Waals surface area contributed by atoms with Gasteiger partial charge in [-0.2, -0.15) is 0 Å². The van der Waals surface area contributed by atoms with Gasteiger partial charge in [-0.1, -0.05) is 36.8 Å². The van der Waals surface area contributed by atoms with Crippen LogP contribution in [-0.2, 0) is 11.2 Å². The van der Waals surface area contributed by atoms with Crippen LogP contribution >= 0.6 is 24.8 Å². The van der Waals surface area contributed by atoms with Crippen LogP contribution in [0.1, 0.15) is 37.7 Å². The molecule has 0 spiro atoms. The summed E-state index contributed by atoms with van der Waals surface area (Å²) < 4.78 is 0. The van der Waals surface area contributed by atoms with Crippen LogP contribution in [0.25, 0.3) is 0 Å². The highest BCUT2D eigenvalue weighted by molar-refractivity contribution is 5.85. The molecule has 0 aromatic heterocycles. The molecule has 3 N–H and O–H groups in total. The van der Waals surface area contributed by atoms with Crippen molar-refractivity contribution in [2.24, 2.45) is 5.73 Å². The van der Waals surface area contributed by atoms with Gasteiger partial charge in [0, 0.05) is 18.1 Å². The van der Waals surface area contributed by atoms with Crippen molar-refractivity contribution < 1.29 is 4.79 Å². The number of fused-ring (bicyclic) bond motifs is 2. The number of nitrogens with zero attached hydrogens (tertiary/aromatic N) is 1. The molecule has 4 nitrogen and oxygen atoms in total. The van der Waals surface area contributed by atoms with E-state index in [2.05, 4.69) is 17.3 Å². The molecule has 3 unspecified atom stereocenters. The predicted molar refractivity (Wildman–Crippen MR) is 103 cm³/mol. The Morgan fingerprint density at radius 2 is 1.79 bits per heavy atom. The van der Waals surface area contributed by atoms with Crippen molar-refractivity contribution in [2.45, 2.75) is 62.7 Å². The zero-order valence-corrected chi connectivity index (χ0v) is 15.8. The van der Waals surface area contributed by atoms with E-state index in [1.807, 2.05) is 30.3 Å². The second-order valence-electron chi connectivity index (χ2n) is 6.88. The molecule has 0 radical (unpaired) electrons. The highest BCUT2D eigenvalue weighted by Gasteiger charge is 2.36. The molecule has 136 valence electrons. The van der Waals surface area contributed by atoms with Gasteiger partial charge in [-0.25, -0.2) is 0 Å². The Hall–Kier alpha value is -0.810. The first kappa shape index (κ1) is 21.2. The van der Waals surface area contributed by atoms with E-state index < -0.39 is 6.04 Å². The van der Waals surface area contributed by atoms with Crippen molar-refractivity contribution in [1.29, 1.82) is 0 Å². The molecule has 3 atom stereocenters. The van der Waals surface area contributed by atoms with E-state index in [1.54, 1.807) is 0 Å². The van der Waals surface area contributed by atoms with Gasteiger partial charge >= 0.3 is 0 Å². The maximum Gasteiger partial charge on any atom is 0.237 e. The average molecular weight is 374 g/mol. The number of rotatable bonds is 4. The van der Waals surface area contributed by atoms with Crippen LogP contribution in [0.4, 0.5) is 0 Å². The Balaban J connectivity index is 0.00000144. The summed E-state index contributed by atoms with van der Waals surface area (Å²) in [4.78, 5) is 14.9. The maximum atomic E-state index is 12.4. The van der Waals surface area contributed by atoms with Crippen LogP contribution in [-0.4, -0.2) is 42.0 Å². The number of benzene rings is 1. The van der Waals surface area contributed by atoms with Gasteiger partial charge in [-0.05, 0) is 44.7 Å². The Morgan fingerprint density at radius 3 is 2.38 bits per heavy atom. The van der Waals surface area contributed by atoms with Crippen molar-refractivity contribution in [3.8, 4) is 0 Å². The normalized spacial score (nSPS) is 27.3. The fourth-order valence-corrected chi connectivity index (χ4v) is 4.00. The van der Waals surface area contributed by atoms with Gasteiger partial charge in [-0.3, -0.25) is 4.79 Å². The molecule has 2 aliphatic heterocycles. The van der Waals surface area contributed by atoms with Crippen molar-refractivity contribution >= 4 is 30.7 Å². The smallest absolute Gasteiger partial charge is 0.237 e. The van der Waals surface area contributed by atoms with E-state index in [1.165, 1.54) is 19.3 Å². The number of halogens is 2. The lowest BCUT2D eigenvalue weighted by atomic mass is 9.82. The van der Waals surface area contributed by atoms with E-state index in [4.69, 9.17) is 5.73 Å². The molecular formula is C18H29Cl2N3O. The van der Waals surface area contributed by atoms with Crippen LogP contribution in [0.2, 0.25) is 0 Å². The van der Waals surface area contributed by atoms with Gasteiger partial charge in [0.15, 0.2) is 0 Å². The molecule has 0 aliphatic carbocycles. The number of piperidine rings is 2. The lowest BCUT2D eigenvalue weighted by Gasteiger charge is -2.47. The minimum absolute atomic E-state index is 0. The minimum atomic E-state index is -0.457. The second kappa shape index (κ2) is 9.62. The van der Waals surface area contributed by atoms with Gasteiger partial charge in [-0.15, -0.1) is 24.8 Å². The van der Waals surface area contributed by atoms with Gasteiger partial charge in [0.25, 0.3) is 0 Å². The minimum Gasteiger partial charge on any atom is -0.352 e. The highest BCUT2D eigenvalue weighted by atomic mass is 35.5. The second-order valence-corrected chi connectivity index (χ2v) is 6.88. The number of nitrogens with one attached hydrogen (secondary N) is 1. The number of hydrogen-bond acceptors (Lipinski definition) is 3. The number of amides is 1. The van der Waals surface area contributed by atoms with E-state index >= 15 is 0 Å². The molecule has 1 aromatic rings. The van der Waals surface area contributed by atoms with E-state index in [-0.39, 0.29) is 30.7 Å². The summed E-state index contributed by atoms with van der Waals surface area (Å²) in [5, 5.41) is 3.20. The van der Waals surface area contributed by atoms with Crippen molar-refractivity contribution in [1.82, 2.24) is 10.2 Å². The molecular weight excluding hydrogens is 345 g/mol. The lowest BCUT2D eigenvalue weighted by molar-refractivity contribution is -0.123. The van der Waals surface area contributed by atoms with E-state index in [0.717, 1.165) is 18.4 Å². The van der Waals surface area contributed by atoms with Crippen LogP contribution in [0.15, 0.2) is 30.3 Å². The Kier molecular flexibility index (Phi) is 8.51. The number of carbonyl (C=O) groups excluding carboxylic acids is 1. The van der Waals surface area contributed by atoms with Crippen molar-refractivity contribution in [2.75, 3.05) is 7.05 Å². The predicted octanol–water partition coefficient (Wildman–Crippen LogP) is 2.53. The molecule has 2 aliphatic rings. The third-order valence-corrected chi connectivity index (χ3v) is 5.32. The largest absolute Gasteiger partial charge is 0.352 e. The molecule has 1 amide bonds. The molecule has 2 heterocycles. The fourth-order valence-electron chi connectivity index (χ4n) is 4.00. The number of nitrogens with two attached hydrogens (primary N) is 1. The Labute approximate surface area is 157 Å². The number of carbonyl (C=O) groups is 1. The lowest BCUT2D eigenvalue weighted by Crippen LogP contribution is -2.57. The molecule has 2 bridgehead atoms. The summed E-state index contributed by atoms with van der Waals surface area (Å²) in [7, 11) is 2.23. The molecule has 3 rings (SSSR count). The summed E-state index contributed by atoms with van der Waals surface area (Å²) in [5.41, 5.74) is 7.20. The van der Waals surface area contributed by atoms with E-state index in [0.29, 0.717) is 24.5 Å². The first-order valence-electron chi connectivity index (χ1n) is 8.45. The first-order chi connectivity index (χ1) is 10.6. The quantitative estimate of drug-likeness (QED) is 0.852. The molecule has 2 saturated heterocycles. The van der Waals surface area contributed by atoms with Crippen molar-refractivity contribution in [3.63, 3.8) is 0 Å². The summed E-state index contributed by atoms with van der Waals surface area (Å²) in [5.74, 6) is -0.00326. The first-order valence-corrected chi connectivity index (χ1v) is 8.45. The van der Waals surface area contributed by atoms with Crippen LogP contribution in [0, 0.1) is 0 Å². The third-order valence-electron chi connectivity index (χ3n) is 5.32. The maximum absolute atomic E-state index is 12.4. The number of hydrogen-bond donors (Lipinski definition) is 2. The molecule has 0 saturated carbocycles. The molecule has 2 fully saturated rings. The zero-order valence-electron chi connectivity index (χ0n) is 14.2. The SMILES string of the molecule is CN1C2CCCC1CC(NC(=O)C(N)Cc1ccccc1)C2.Cl.Cl. The topological polar surface area (TPSA) is 58.4 Å². The molecule has 1 aromatic carbocycles. The van der Waals surface area contributed by atoms with Gasteiger partial charge < -0.3 is 16.0 Å². The molecule has 6 heteroatoms. The third kappa shape index (κ3) is 5.09. The Bertz CT molecular complexity index is 500. The summed E-state index contributed by atoms with van der Waals surface area (Å²) in [6, 6.07) is 11.1. The summed E-state index contributed by atoms with van der Waals surface area (Å²) >= 11 is 0. The van der Waals surface area contributed by atoms with E-state index in [9.17, 15) is 4.79 Å². The Morgan fingerprint density at radius 1 is 1.21 bits per heavy atom. The van der Waals surface area contributed by atoms with Crippen molar-refractivity contribution in [3.05, 3.63) is 35.9 Å². The van der Waals surface area contributed by atoms with Gasteiger partial charge in [0.2, 0.25) is 5.91 Å². The average Bonchev–Trinajstić information content (AvgIpc) is 2.49.